The number of anilines is 1. The van der Waals surface area contributed by atoms with Crippen LogP contribution in [-0.4, -0.2) is 56.7 Å². The first-order valence-electron chi connectivity index (χ1n) is 10.00. The van der Waals surface area contributed by atoms with E-state index in [1.54, 1.807) is 17.0 Å². The Bertz CT molecular complexity index is 1070. The van der Waals surface area contributed by atoms with Crippen LogP contribution < -0.4 is 5.32 Å². The first kappa shape index (κ1) is 21.8. The molecule has 3 aromatic rings. The molecule has 1 aliphatic heterocycles. The van der Waals surface area contributed by atoms with Gasteiger partial charge >= 0.3 is 6.18 Å². The van der Waals surface area contributed by atoms with Crippen molar-refractivity contribution < 1.29 is 22.7 Å². The lowest BCUT2D eigenvalue weighted by molar-refractivity contribution is -0.141. The van der Waals surface area contributed by atoms with Gasteiger partial charge in [0.15, 0.2) is 0 Å². The van der Waals surface area contributed by atoms with Crippen molar-refractivity contribution in [2.75, 3.05) is 25.0 Å². The number of amides is 1. The molecular formula is C21H21F3N6O2. The molecule has 168 valence electrons. The summed E-state index contributed by atoms with van der Waals surface area (Å²) in [6.45, 7) is 3.04. The molecule has 32 heavy (non-hydrogen) atoms. The molecule has 3 heterocycles. The number of aromatic nitrogens is 4. The van der Waals surface area contributed by atoms with Crippen LogP contribution in [0.5, 0.6) is 0 Å². The zero-order chi connectivity index (χ0) is 22.7. The number of hydrogen-bond donors (Lipinski definition) is 1. The lowest BCUT2D eigenvalue weighted by Gasteiger charge is -2.36. The van der Waals surface area contributed by atoms with Crippen LogP contribution in [0.2, 0.25) is 0 Å². The molecule has 0 radical (unpaired) electrons. The van der Waals surface area contributed by atoms with Crippen molar-refractivity contribution >= 4 is 11.6 Å². The summed E-state index contributed by atoms with van der Waals surface area (Å²) in [6.07, 6.45) is -0.252. The number of carbonyl (C=O) groups excluding carboxylic acids is 1. The van der Waals surface area contributed by atoms with Gasteiger partial charge in [-0.3, -0.25) is 4.79 Å². The molecule has 1 fully saturated rings. The van der Waals surface area contributed by atoms with Crippen LogP contribution in [-0.2, 0) is 10.9 Å². The molecule has 8 nitrogen and oxygen atoms in total. The standard InChI is InChI=1S/C21H21F3N6O2/c1-14-3-5-17(30-27-7-8-28-30)16(11-14)20(31)29-9-2-10-32-19(29)13-25-15-4-6-18(26-12-15)21(22,23)24/h3-8,11-12,19,25H,2,9-10,13H2,1H3. The molecule has 0 bridgehead atoms. The third-order valence-corrected chi connectivity index (χ3v) is 5.01. The number of alkyl halides is 3. The number of nitrogens with one attached hydrogen (secondary N) is 1. The largest absolute Gasteiger partial charge is 0.433 e. The summed E-state index contributed by atoms with van der Waals surface area (Å²) in [6, 6.07) is 7.64. The van der Waals surface area contributed by atoms with Crippen molar-refractivity contribution in [2.45, 2.75) is 25.7 Å². The number of ether oxygens (including phenoxy) is 1. The average molecular weight is 446 g/mol. The van der Waals surface area contributed by atoms with Gasteiger partial charge in [0, 0.05) is 6.54 Å². The summed E-state index contributed by atoms with van der Waals surface area (Å²) in [4.78, 5) is 19.9. The maximum absolute atomic E-state index is 13.5. The van der Waals surface area contributed by atoms with Gasteiger partial charge in [-0.25, -0.2) is 4.98 Å². The highest BCUT2D eigenvalue weighted by Crippen LogP contribution is 2.28. The van der Waals surface area contributed by atoms with Crippen LogP contribution in [0.25, 0.3) is 5.69 Å². The summed E-state index contributed by atoms with van der Waals surface area (Å²) in [5.74, 6) is -0.238. The summed E-state index contributed by atoms with van der Waals surface area (Å²) in [7, 11) is 0. The highest BCUT2D eigenvalue weighted by Gasteiger charge is 2.32. The van der Waals surface area contributed by atoms with Crippen molar-refractivity contribution in [1.82, 2.24) is 24.9 Å². The molecule has 11 heteroatoms. The Kier molecular flexibility index (Phi) is 6.08. The predicted molar refractivity (Wildman–Crippen MR) is 109 cm³/mol. The summed E-state index contributed by atoms with van der Waals surface area (Å²) in [5, 5.41) is 11.3. The Balaban J connectivity index is 1.52. The molecular weight excluding hydrogens is 425 g/mol. The van der Waals surface area contributed by atoms with Gasteiger partial charge < -0.3 is 15.0 Å². The lowest BCUT2D eigenvalue weighted by Crippen LogP contribution is -2.49. The molecule has 1 N–H and O–H groups in total. The molecule has 1 aliphatic rings. The van der Waals surface area contributed by atoms with Crippen LogP contribution in [0.4, 0.5) is 18.9 Å². The van der Waals surface area contributed by atoms with Gasteiger partial charge in [-0.2, -0.15) is 28.2 Å². The Morgan fingerprint density at radius 2 is 2.00 bits per heavy atom. The third-order valence-electron chi connectivity index (χ3n) is 5.01. The monoisotopic (exact) mass is 446 g/mol. The molecule has 0 saturated carbocycles. The zero-order valence-electron chi connectivity index (χ0n) is 17.2. The first-order valence-corrected chi connectivity index (χ1v) is 10.00. The minimum Gasteiger partial charge on any atom is -0.379 e. The van der Waals surface area contributed by atoms with Gasteiger partial charge in [-0.1, -0.05) is 11.6 Å². The molecule has 1 saturated heterocycles. The van der Waals surface area contributed by atoms with E-state index in [4.69, 9.17) is 4.74 Å². The van der Waals surface area contributed by atoms with Crippen molar-refractivity contribution in [1.29, 1.82) is 0 Å². The number of nitrogens with zero attached hydrogens (tertiary/aromatic N) is 5. The molecule has 0 aliphatic carbocycles. The number of pyridine rings is 1. The molecule has 4 rings (SSSR count). The van der Waals surface area contributed by atoms with Crippen LogP contribution in [0.15, 0.2) is 48.9 Å². The minimum absolute atomic E-state index is 0.194. The van der Waals surface area contributed by atoms with E-state index in [2.05, 4.69) is 20.5 Å². The second kappa shape index (κ2) is 8.95. The fourth-order valence-electron chi connectivity index (χ4n) is 3.45. The van der Waals surface area contributed by atoms with Gasteiger partial charge in [-0.05, 0) is 37.6 Å². The Hall–Kier alpha value is -3.47. The van der Waals surface area contributed by atoms with Gasteiger partial charge in [0.25, 0.3) is 5.91 Å². The molecule has 1 unspecified atom stereocenters. The van der Waals surface area contributed by atoms with E-state index in [1.807, 2.05) is 13.0 Å². The van der Waals surface area contributed by atoms with Crippen LogP contribution in [0, 0.1) is 6.92 Å². The third kappa shape index (κ3) is 4.72. The average Bonchev–Trinajstić information content (AvgIpc) is 3.32. The van der Waals surface area contributed by atoms with E-state index in [9.17, 15) is 18.0 Å². The quantitative estimate of drug-likeness (QED) is 0.648. The van der Waals surface area contributed by atoms with E-state index in [-0.39, 0.29) is 12.5 Å². The number of hydrogen-bond acceptors (Lipinski definition) is 6. The number of halogens is 3. The van der Waals surface area contributed by atoms with Crippen molar-refractivity contribution in [3.63, 3.8) is 0 Å². The fraction of sp³-hybridized carbons (Fsp3) is 0.333. The lowest BCUT2D eigenvalue weighted by atomic mass is 10.1. The Morgan fingerprint density at radius 3 is 2.69 bits per heavy atom. The van der Waals surface area contributed by atoms with E-state index in [0.29, 0.717) is 36.5 Å². The van der Waals surface area contributed by atoms with Crippen molar-refractivity contribution in [3.05, 3.63) is 65.7 Å². The molecule has 2 aromatic heterocycles. The van der Waals surface area contributed by atoms with Crippen LogP contribution in [0.3, 0.4) is 0 Å². The summed E-state index contributed by atoms with van der Waals surface area (Å²) in [5.41, 5.74) is 1.33. The second-order valence-corrected chi connectivity index (χ2v) is 7.33. The SMILES string of the molecule is Cc1ccc(-n2nccn2)c(C(=O)N2CCCOC2CNc2ccc(C(F)(F)F)nc2)c1. The van der Waals surface area contributed by atoms with E-state index in [0.717, 1.165) is 17.8 Å². The first-order chi connectivity index (χ1) is 15.3. The number of aryl methyl sites for hydroxylation is 1. The summed E-state index contributed by atoms with van der Waals surface area (Å²) >= 11 is 0. The van der Waals surface area contributed by atoms with E-state index >= 15 is 0 Å². The van der Waals surface area contributed by atoms with Gasteiger partial charge in [0.05, 0.1) is 48.7 Å². The maximum atomic E-state index is 13.5. The normalized spacial score (nSPS) is 16.8. The highest BCUT2D eigenvalue weighted by molar-refractivity contribution is 5.98. The van der Waals surface area contributed by atoms with Gasteiger partial charge in [0.2, 0.25) is 0 Å². The highest BCUT2D eigenvalue weighted by atomic mass is 19.4. The number of benzene rings is 1. The van der Waals surface area contributed by atoms with Gasteiger partial charge in [0.1, 0.15) is 11.9 Å². The number of rotatable bonds is 5. The van der Waals surface area contributed by atoms with E-state index in [1.165, 1.54) is 23.3 Å². The smallest absolute Gasteiger partial charge is 0.379 e. The van der Waals surface area contributed by atoms with Crippen molar-refractivity contribution in [2.24, 2.45) is 0 Å². The number of carbonyl (C=O) groups is 1. The van der Waals surface area contributed by atoms with Gasteiger partial charge in [-0.15, -0.1) is 0 Å². The zero-order valence-corrected chi connectivity index (χ0v) is 17.2. The van der Waals surface area contributed by atoms with E-state index < -0.39 is 18.1 Å². The predicted octanol–water partition coefficient (Wildman–Crippen LogP) is 3.29. The summed E-state index contributed by atoms with van der Waals surface area (Å²) < 4.78 is 43.9. The molecule has 0 spiro atoms. The Labute approximate surface area is 182 Å². The van der Waals surface area contributed by atoms with Crippen molar-refractivity contribution in [3.8, 4) is 5.69 Å². The second-order valence-electron chi connectivity index (χ2n) is 7.33. The topological polar surface area (TPSA) is 85.2 Å². The Morgan fingerprint density at radius 1 is 1.22 bits per heavy atom. The fourth-order valence-corrected chi connectivity index (χ4v) is 3.45. The van der Waals surface area contributed by atoms with Crippen LogP contribution in [0.1, 0.15) is 28.0 Å². The molecule has 1 atom stereocenters. The molecule has 1 amide bonds. The minimum atomic E-state index is -4.50. The molecule has 1 aromatic carbocycles. The maximum Gasteiger partial charge on any atom is 0.433 e. The van der Waals surface area contributed by atoms with Crippen LogP contribution >= 0.6 is 0 Å².